The molecular weight excluding hydrogens is 506 g/mol. The highest BCUT2D eigenvalue weighted by molar-refractivity contribution is 9.12. The molecule has 0 heterocycles. The van der Waals surface area contributed by atoms with Gasteiger partial charge in [0.15, 0.2) is 0 Å². The maximum absolute atomic E-state index is 12.6. The van der Waals surface area contributed by atoms with Crippen LogP contribution in [-0.2, 0) is 10.0 Å². The second-order valence-electron chi connectivity index (χ2n) is 6.73. The summed E-state index contributed by atoms with van der Waals surface area (Å²) in [6.07, 6.45) is 3.34. The van der Waals surface area contributed by atoms with Crippen molar-refractivity contribution in [3.05, 3.63) is 94.5 Å². The van der Waals surface area contributed by atoms with Crippen LogP contribution >= 0.6 is 15.9 Å². The van der Waals surface area contributed by atoms with Crippen LogP contribution in [0.4, 0.5) is 5.69 Å². The second kappa shape index (κ2) is 11.4. The van der Waals surface area contributed by atoms with Crippen LogP contribution < -0.4 is 14.9 Å². The molecule has 1 amide bonds. The van der Waals surface area contributed by atoms with E-state index in [0.717, 1.165) is 5.56 Å². The van der Waals surface area contributed by atoms with Crippen molar-refractivity contribution in [2.24, 2.45) is 5.10 Å². The Labute approximate surface area is 201 Å². The highest BCUT2D eigenvalue weighted by Crippen LogP contribution is 2.20. The Hall–Kier alpha value is -3.43. The largest absolute Gasteiger partial charge is 0.494 e. The van der Waals surface area contributed by atoms with Gasteiger partial charge in [-0.1, -0.05) is 30.3 Å². The van der Waals surface area contributed by atoms with Gasteiger partial charge < -0.3 is 4.74 Å². The van der Waals surface area contributed by atoms with Crippen molar-refractivity contribution in [3.8, 4) is 5.75 Å². The Kier molecular flexibility index (Phi) is 8.39. The minimum absolute atomic E-state index is 0.108. The molecule has 0 aliphatic heterocycles. The summed E-state index contributed by atoms with van der Waals surface area (Å²) in [7, 11) is -3.77. The molecule has 0 spiro atoms. The molecule has 0 aromatic heterocycles. The third-order valence-corrected chi connectivity index (χ3v) is 6.13. The van der Waals surface area contributed by atoms with Crippen LogP contribution in [0.15, 0.2) is 93.3 Å². The molecule has 170 valence electrons. The van der Waals surface area contributed by atoms with E-state index in [0.29, 0.717) is 28.1 Å². The summed E-state index contributed by atoms with van der Waals surface area (Å²) in [5, 5.41) is 3.92. The number of nitrogens with zero attached hydrogens (tertiary/aromatic N) is 1. The van der Waals surface area contributed by atoms with Gasteiger partial charge in [-0.05, 0) is 83.0 Å². The number of hydrazone groups is 1. The van der Waals surface area contributed by atoms with Gasteiger partial charge in [0.25, 0.3) is 15.9 Å². The van der Waals surface area contributed by atoms with Crippen LogP contribution in [0.2, 0.25) is 0 Å². The minimum atomic E-state index is -3.77. The lowest BCUT2D eigenvalue weighted by Gasteiger charge is -2.09. The summed E-state index contributed by atoms with van der Waals surface area (Å²) >= 11 is 3.38. The van der Waals surface area contributed by atoms with Gasteiger partial charge in [0.05, 0.1) is 17.7 Å². The molecule has 0 saturated carbocycles. The van der Waals surface area contributed by atoms with Crippen LogP contribution in [0, 0.1) is 0 Å². The lowest BCUT2D eigenvalue weighted by molar-refractivity contribution is 0.0955. The average molecular weight is 528 g/mol. The molecule has 0 aliphatic carbocycles. The summed E-state index contributed by atoms with van der Waals surface area (Å²) < 4.78 is 33.6. The van der Waals surface area contributed by atoms with E-state index >= 15 is 0 Å². The van der Waals surface area contributed by atoms with Gasteiger partial charge in [-0.15, -0.1) is 0 Å². The zero-order valence-corrected chi connectivity index (χ0v) is 20.1. The molecular formula is C24H22BrN3O4S. The van der Waals surface area contributed by atoms with E-state index in [4.69, 9.17) is 4.74 Å². The quantitative estimate of drug-likeness (QED) is 0.301. The smallest absolute Gasteiger partial charge is 0.271 e. The van der Waals surface area contributed by atoms with Gasteiger partial charge in [0, 0.05) is 15.7 Å². The first-order valence-electron chi connectivity index (χ1n) is 9.99. The van der Waals surface area contributed by atoms with E-state index in [-0.39, 0.29) is 4.90 Å². The minimum Gasteiger partial charge on any atom is -0.494 e. The number of allylic oxidation sites excluding steroid dienone is 1. The summed E-state index contributed by atoms with van der Waals surface area (Å²) in [6.45, 7) is 2.35. The molecule has 0 fully saturated rings. The van der Waals surface area contributed by atoms with Gasteiger partial charge in [-0.2, -0.15) is 5.10 Å². The van der Waals surface area contributed by atoms with Crippen molar-refractivity contribution in [2.45, 2.75) is 11.8 Å². The van der Waals surface area contributed by atoms with E-state index < -0.39 is 15.9 Å². The number of anilines is 1. The molecule has 0 atom stereocenters. The van der Waals surface area contributed by atoms with Crippen LogP contribution in [-0.4, -0.2) is 27.1 Å². The maximum atomic E-state index is 12.6. The molecule has 9 heteroatoms. The number of rotatable bonds is 9. The SMILES string of the molecule is CCOc1ccc(S(=O)(=O)Nc2ccc(C(=O)NN=CC(Br)=Cc3ccccc3)cc2)cc1. The number of nitrogens with one attached hydrogen (secondary N) is 2. The van der Waals surface area contributed by atoms with Crippen molar-refractivity contribution in [2.75, 3.05) is 11.3 Å². The summed E-state index contributed by atoms with van der Waals surface area (Å²) in [6, 6.07) is 21.8. The Morgan fingerprint density at radius 3 is 2.30 bits per heavy atom. The summed E-state index contributed by atoms with van der Waals surface area (Å²) in [5.41, 5.74) is 4.09. The van der Waals surface area contributed by atoms with E-state index in [1.54, 1.807) is 12.1 Å². The first-order chi connectivity index (χ1) is 15.9. The standard InChI is InChI=1S/C24H22BrN3O4S/c1-2-32-22-12-14-23(15-13-22)33(30,31)28-21-10-8-19(9-11-21)24(29)27-26-17-20(25)16-18-6-4-3-5-7-18/h3-17,28H,2H2,1H3,(H,27,29). The van der Waals surface area contributed by atoms with E-state index in [9.17, 15) is 13.2 Å². The van der Waals surface area contributed by atoms with E-state index in [1.807, 2.05) is 43.3 Å². The molecule has 2 N–H and O–H groups in total. The van der Waals surface area contributed by atoms with E-state index in [1.165, 1.54) is 42.6 Å². The molecule has 3 rings (SSSR count). The van der Waals surface area contributed by atoms with Crippen LogP contribution in [0.25, 0.3) is 6.08 Å². The van der Waals surface area contributed by atoms with Crippen molar-refractivity contribution in [1.29, 1.82) is 0 Å². The Morgan fingerprint density at radius 2 is 1.67 bits per heavy atom. The maximum Gasteiger partial charge on any atom is 0.271 e. The molecule has 3 aromatic carbocycles. The van der Waals surface area contributed by atoms with Gasteiger partial charge in [-0.3, -0.25) is 9.52 Å². The van der Waals surface area contributed by atoms with Crippen molar-refractivity contribution in [1.82, 2.24) is 5.43 Å². The van der Waals surface area contributed by atoms with Crippen LogP contribution in [0.1, 0.15) is 22.8 Å². The number of amides is 1. The van der Waals surface area contributed by atoms with Gasteiger partial charge >= 0.3 is 0 Å². The fourth-order valence-corrected chi connectivity index (χ4v) is 4.17. The fourth-order valence-electron chi connectivity index (χ4n) is 2.75. The number of sulfonamides is 1. The zero-order chi connectivity index (χ0) is 23.7. The van der Waals surface area contributed by atoms with E-state index in [2.05, 4.69) is 31.2 Å². The first-order valence-corrected chi connectivity index (χ1v) is 12.3. The monoisotopic (exact) mass is 527 g/mol. The number of ether oxygens (including phenoxy) is 1. The molecule has 0 bridgehead atoms. The Bertz CT molecular complexity index is 1240. The number of halogens is 1. The molecule has 0 radical (unpaired) electrons. The lowest BCUT2D eigenvalue weighted by Crippen LogP contribution is -2.17. The molecule has 33 heavy (non-hydrogen) atoms. The van der Waals surface area contributed by atoms with Gasteiger partial charge in [-0.25, -0.2) is 13.8 Å². The number of carbonyl (C=O) groups is 1. The van der Waals surface area contributed by atoms with Gasteiger partial charge in [0.1, 0.15) is 5.75 Å². The number of benzene rings is 3. The van der Waals surface area contributed by atoms with Crippen LogP contribution in [0.5, 0.6) is 5.75 Å². The highest BCUT2D eigenvalue weighted by Gasteiger charge is 2.14. The number of carbonyl (C=O) groups excluding carboxylic acids is 1. The van der Waals surface area contributed by atoms with Crippen molar-refractivity contribution < 1.29 is 17.9 Å². The zero-order valence-electron chi connectivity index (χ0n) is 17.7. The fraction of sp³-hybridized carbons (Fsp3) is 0.0833. The highest BCUT2D eigenvalue weighted by atomic mass is 79.9. The third-order valence-electron chi connectivity index (χ3n) is 4.30. The Balaban J connectivity index is 1.58. The molecule has 7 nitrogen and oxygen atoms in total. The molecule has 3 aromatic rings. The second-order valence-corrected chi connectivity index (χ2v) is 9.32. The lowest BCUT2D eigenvalue weighted by atomic mass is 10.2. The summed E-state index contributed by atoms with van der Waals surface area (Å²) in [5.74, 6) is 0.171. The summed E-state index contributed by atoms with van der Waals surface area (Å²) in [4.78, 5) is 12.4. The first kappa shape index (κ1) is 24.2. The third kappa shape index (κ3) is 7.30. The topological polar surface area (TPSA) is 96.9 Å². The van der Waals surface area contributed by atoms with Gasteiger partial charge in [0.2, 0.25) is 0 Å². The molecule has 0 aliphatic rings. The predicted molar refractivity (Wildman–Crippen MR) is 134 cm³/mol. The van der Waals surface area contributed by atoms with Crippen molar-refractivity contribution in [3.63, 3.8) is 0 Å². The number of hydrogen-bond acceptors (Lipinski definition) is 5. The molecule has 0 saturated heterocycles. The normalized spacial score (nSPS) is 11.9. The Morgan fingerprint density at radius 1 is 1.00 bits per heavy atom. The predicted octanol–water partition coefficient (Wildman–Crippen LogP) is 5.04. The number of hydrogen-bond donors (Lipinski definition) is 2. The van der Waals surface area contributed by atoms with Crippen LogP contribution in [0.3, 0.4) is 0 Å². The van der Waals surface area contributed by atoms with Crippen molar-refractivity contribution >= 4 is 49.8 Å². The average Bonchev–Trinajstić information content (AvgIpc) is 2.80. The molecule has 0 unspecified atom stereocenters.